The van der Waals surface area contributed by atoms with Gasteiger partial charge in [-0.3, -0.25) is 19.9 Å². The Hall–Kier alpha value is -5.83. The maximum absolute atomic E-state index is 12.5. The number of aryl methyl sites for hydroxylation is 2. The van der Waals surface area contributed by atoms with E-state index in [1.54, 1.807) is 12.4 Å². The summed E-state index contributed by atoms with van der Waals surface area (Å²) in [6, 6.07) is 12.1. The summed E-state index contributed by atoms with van der Waals surface area (Å²) >= 11 is 0. The van der Waals surface area contributed by atoms with Gasteiger partial charge in [-0.05, 0) is 61.4 Å². The van der Waals surface area contributed by atoms with Crippen molar-refractivity contribution in [2.45, 2.75) is 32.3 Å². The number of pyridine rings is 4. The number of ether oxygens (including phenoxy) is 2. The van der Waals surface area contributed by atoms with Crippen LogP contribution in [-0.2, 0) is 20.7 Å². The first-order valence-electron chi connectivity index (χ1n) is 18.2. The Labute approximate surface area is 312 Å². The Morgan fingerprint density at radius 3 is 1.78 bits per heavy atom. The zero-order chi connectivity index (χ0) is 37.0. The summed E-state index contributed by atoms with van der Waals surface area (Å²) in [4.78, 5) is 51.5. The van der Waals surface area contributed by atoms with Gasteiger partial charge < -0.3 is 39.1 Å². The molecular formula is C40H42N10O4. The first kappa shape index (κ1) is 35.2. The number of aldehydes is 1. The van der Waals surface area contributed by atoms with Gasteiger partial charge in [-0.25, -0.2) is 9.97 Å². The van der Waals surface area contributed by atoms with Crippen molar-refractivity contribution in [2.24, 2.45) is 0 Å². The van der Waals surface area contributed by atoms with E-state index in [1.807, 2.05) is 62.9 Å². The zero-order valence-corrected chi connectivity index (χ0v) is 30.3. The zero-order valence-electron chi connectivity index (χ0n) is 30.3. The minimum Gasteiger partial charge on any atom is -0.392 e. The first-order valence-corrected chi connectivity index (χ1v) is 18.2. The van der Waals surface area contributed by atoms with Gasteiger partial charge in [0.15, 0.2) is 11.6 Å². The molecule has 0 aromatic carbocycles. The van der Waals surface area contributed by atoms with Gasteiger partial charge in [0, 0.05) is 79.9 Å². The number of aliphatic hydroxyl groups is 1. The average Bonchev–Trinajstić information content (AvgIpc) is 3.80. The lowest BCUT2D eigenvalue weighted by Gasteiger charge is -2.28. The van der Waals surface area contributed by atoms with Crippen LogP contribution in [-0.4, -0.2) is 110 Å². The fraction of sp³-hybridized carbons (Fsp3) is 0.325. The van der Waals surface area contributed by atoms with E-state index in [1.165, 1.54) is 0 Å². The fourth-order valence-electron chi connectivity index (χ4n) is 7.04. The highest BCUT2D eigenvalue weighted by atomic mass is 16.5. The molecule has 54 heavy (non-hydrogen) atoms. The summed E-state index contributed by atoms with van der Waals surface area (Å²) < 4.78 is 11.0. The molecule has 2 unspecified atom stereocenters. The number of hydrogen-bond donors (Lipinski definition) is 3. The van der Waals surface area contributed by atoms with Crippen molar-refractivity contribution in [3.05, 3.63) is 96.4 Å². The Morgan fingerprint density at radius 2 is 1.24 bits per heavy atom. The number of aromatic amines is 2. The number of anilines is 2. The molecule has 0 amide bonds. The minimum atomic E-state index is -1.08. The highest BCUT2D eigenvalue weighted by Gasteiger charge is 2.28. The van der Waals surface area contributed by atoms with Crippen LogP contribution in [0, 0.1) is 13.8 Å². The highest BCUT2D eigenvalue weighted by Crippen LogP contribution is 2.31. The maximum atomic E-state index is 12.5. The lowest BCUT2D eigenvalue weighted by atomic mass is 9.95. The summed E-state index contributed by atoms with van der Waals surface area (Å²) in [6.07, 6.45) is 10.7. The van der Waals surface area contributed by atoms with Gasteiger partial charge in [-0.2, -0.15) is 0 Å². The van der Waals surface area contributed by atoms with Crippen LogP contribution in [0.1, 0.15) is 28.7 Å². The molecular weight excluding hydrogens is 685 g/mol. The molecule has 0 radical (unpaired) electrons. The van der Waals surface area contributed by atoms with Gasteiger partial charge in [0.05, 0.1) is 73.6 Å². The highest BCUT2D eigenvalue weighted by molar-refractivity contribution is 5.72. The molecule has 0 saturated carbocycles. The third-order valence-corrected chi connectivity index (χ3v) is 10.1. The largest absolute Gasteiger partial charge is 0.392 e. The second kappa shape index (κ2) is 15.6. The standard InChI is InChI=1S/C40H42N10O4/c1-25-34(47-39(45-25)35-17-27(3-5-43-35)29-15-31(22-41-20-29)49-7-11-53-12-8-49)19-37(52)33(24-51)38-26(2)46-40(48-38)36-18-28(4-6-44-36)30-16-32(23-42-21-30)50-9-13-54-14-10-50/h3-6,15-18,20-24,33,37,52H,7-14,19H2,1-2H3,(H,45,47)(H,46,48). The number of hydrogen-bond acceptors (Lipinski definition) is 12. The van der Waals surface area contributed by atoms with E-state index in [2.05, 4.69) is 51.8 Å². The van der Waals surface area contributed by atoms with Crippen LogP contribution in [0.15, 0.2) is 73.6 Å². The quantitative estimate of drug-likeness (QED) is 0.159. The smallest absolute Gasteiger partial charge is 0.156 e. The average molecular weight is 727 g/mol. The van der Waals surface area contributed by atoms with E-state index in [0.29, 0.717) is 66.5 Å². The van der Waals surface area contributed by atoms with Crippen molar-refractivity contribution < 1.29 is 19.4 Å². The lowest BCUT2D eigenvalue weighted by Crippen LogP contribution is -2.36. The van der Waals surface area contributed by atoms with E-state index in [0.717, 1.165) is 71.8 Å². The molecule has 2 atom stereocenters. The number of nitrogens with one attached hydrogen (secondary N) is 2. The predicted molar refractivity (Wildman–Crippen MR) is 204 cm³/mol. The summed E-state index contributed by atoms with van der Waals surface area (Å²) in [5, 5.41) is 11.5. The van der Waals surface area contributed by atoms with E-state index in [9.17, 15) is 9.90 Å². The summed E-state index contributed by atoms with van der Waals surface area (Å²) in [5.74, 6) is 0.196. The lowest BCUT2D eigenvalue weighted by molar-refractivity contribution is -0.111. The molecule has 14 heteroatoms. The molecule has 2 saturated heterocycles. The Kier molecular flexibility index (Phi) is 10.2. The number of aromatic nitrogens is 8. The van der Waals surface area contributed by atoms with Crippen LogP contribution in [0.2, 0.25) is 0 Å². The van der Waals surface area contributed by atoms with Crippen molar-refractivity contribution in [3.8, 4) is 45.3 Å². The Morgan fingerprint density at radius 1 is 0.722 bits per heavy atom. The molecule has 8 rings (SSSR count). The second-order valence-corrected chi connectivity index (χ2v) is 13.6. The van der Waals surface area contributed by atoms with Gasteiger partial charge in [0.2, 0.25) is 0 Å². The topological polar surface area (TPSA) is 171 Å². The number of carbonyl (C=O) groups is 1. The number of nitrogens with zero attached hydrogens (tertiary/aromatic N) is 8. The number of carbonyl (C=O) groups excluding carboxylic acids is 1. The van der Waals surface area contributed by atoms with Gasteiger partial charge in [0.1, 0.15) is 17.7 Å². The number of rotatable bonds is 11. The van der Waals surface area contributed by atoms with E-state index < -0.39 is 12.0 Å². The molecule has 0 aliphatic carbocycles. The molecule has 6 aromatic rings. The van der Waals surface area contributed by atoms with Crippen LogP contribution in [0.25, 0.3) is 45.3 Å². The molecule has 0 spiro atoms. The third kappa shape index (κ3) is 7.49. The first-order chi connectivity index (χ1) is 26.4. The van der Waals surface area contributed by atoms with E-state index in [-0.39, 0.29) is 6.42 Å². The van der Waals surface area contributed by atoms with Crippen LogP contribution >= 0.6 is 0 Å². The van der Waals surface area contributed by atoms with Crippen LogP contribution < -0.4 is 9.80 Å². The number of aliphatic hydroxyl groups excluding tert-OH is 1. The number of H-pyrrole nitrogens is 2. The van der Waals surface area contributed by atoms with Crippen molar-refractivity contribution in [2.75, 3.05) is 62.4 Å². The molecule has 2 fully saturated rings. The van der Waals surface area contributed by atoms with Gasteiger partial charge in [-0.1, -0.05) is 0 Å². The Balaban J connectivity index is 0.984. The summed E-state index contributed by atoms with van der Waals surface area (Å²) in [5.41, 5.74) is 9.76. The molecule has 2 aliphatic rings. The molecule has 8 heterocycles. The summed E-state index contributed by atoms with van der Waals surface area (Å²) in [7, 11) is 0. The van der Waals surface area contributed by atoms with E-state index in [4.69, 9.17) is 19.4 Å². The maximum Gasteiger partial charge on any atom is 0.156 e. The fourth-order valence-corrected chi connectivity index (χ4v) is 7.04. The number of imidazole rings is 2. The van der Waals surface area contributed by atoms with Crippen molar-refractivity contribution in [3.63, 3.8) is 0 Å². The SMILES string of the molecule is Cc1[nH]c(-c2cc(-c3cncc(N4CCOCC4)c3)ccn2)nc1CC(O)C(C=O)c1nc(-c2cc(-c3cncc(N4CCOCC4)c3)ccn2)[nH]c1C. The normalized spacial score (nSPS) is 16.0. The molecule has 3 N–H and O–H groups in total. The molecule has 276 valence electrons. The molecule has 6 aromatic heterocycles. The van der Waals surface area contributed by atoms with Gasteiger partial charge in [0.25, 0.3) is 0 Å². The monoisotopic (exact) mass is 726 g/mol. The van der Waals surface area contributed by atoms with Crippen LogP contribution in [0.3, 0.4) is 0 Å². The van der Waals surface area contributed by atoms with Crippen molar-refractivity contribution in [1.82, 2.24) is 39.9 Å². The van der Waals surface area contributed by atoms with Crippen molar-refractivity contribution >= 4 is 17.7 Å². The van der Waals surface area contributed by atoms with Gasteiger partial charge in [-0.15, -0.1) is 0 Å². The van der Waals surface area contributed by atoms with Crippen molar-refractivity contribution in [1.29, 1.82) is 0 Å². The van der Waals surface area contributed by atoms with E-state index >= 15 is 0 Å². The predicted octanol–water partition coefficient (Wildman–Crippen LogP) is 4.56. The summed E-state index contributed by atoms with van der Waals surface area (Å²) in [6.45, 7) is 9.83. The van der Waals surface area contributed by atoms with Crippen LogP contribution in [0.5, 0.6) is 0 Å². The molecule has 0 bridgehead atoms. The molecule has 2 aliphatic heterocycles. The molecule has 14 nitrogen and oxygen atoms in total. The second-order valence-electron chi connectivity index (χ2n) is 13.6. The Bertz CT molecular complexity index is 2240. The number of morpholine rings is 2. The third-order valence-electron chi connectivity index (χ3n) is 10.1. The minimum absolute atomic E-state index is 0.138. The van der Waals surface area contributed by atoms with Crippen LogP contribution in [0.4, 0.5) is 11.4 Å². The van der Waals surface area contributed by atoms with Gasteiger partial charge >= 0.3 is 0 Å².